The lowest BCUT2D eigenvalue weighted by atomic mass is 10.0. The van der Waals surface area contributed by atoms with Gasteiger partial charge in [-0.3, -0.25) is 4.90 Å². The van der Waals surface area contributed by atoms with E-state index in [2.05, 4.69) is 34.2 Å². The van der Waals surface area contributed by atoms with E-state index in [1.54, 1.807) is 0 Å². The van der Waals surface area contributed by atoms with Crippen molar-refractivity contribution in [3.05, 3.63) is 11.7 Å². The van der Waals surface area contributed by atoms with Crippen molar-refractivity contribution in [1.82, 2.24) is 20.4 Å². The van der Waals surface area contributed by atoms with Crippen molar-refractivity contribution >= 4 is 0 Å². The molecular weight excluding hydrogens is 240 g/mol. The van der Waals surface area contributed by atoms with E-state index in [-0.39, 0.29) is 0 Å². The highest BCUT2D eigenvalue weighted by Gasteiger charge is 2.30. The fourth-order valence-corrected chi connectivity index (χ4v) is 2.76. The second kappa shape index (κ2) is 7.01. The molecule has 1 saturated heterocycles. The van der Waals surface area contributed by atoms with Crippen LogP contribution in [0.3, 0.4) is 0 Å². The molecule has 5 heteroatoms. The minimum atomic E-state index is 0.319. The Morgan fingerprint density at radius 1 is 1.42 bits per heavy atom. The fraction of sp³-hybridized carbons (Fsp3) is 0.857. The Kier molecular flexibility index (Phi) is 5.34. The van der Waals surface area contributed by atoms with Crippen LogP contribution in [0.2, 0.25) is 0 Å². The van der Waals surface area contributed by atoms with Crippen molar-refractivity contribution in [2.24, 2.45) is 0 Å². The number of rotatable bonds is 6. The SMILES string of the molecule is CNCCCc1noc(C2CCCCN2C(C)C)n1. The lowest BCUT2D eigenvalue weighted by Crippen LogP contribution is -2.38. The van der Waals surface area contributed by atoms with Gasteiger partial charge in [-0.05, 0) is 53.2 Å². The van der Waals surface area contributed by atoms with Crippen molar-refractivity contribution in [3.63, 3.8) is 0 Å². The summed E-state index contributed by atoms with van der Waals surface area (Å²) in [5.74, 6) is 1.66. The summed E-state index contributed by atoms with van der Waals surface area (Å²) in [6.07, 6.45) is 5.60. The number of hydrogen-bond donors (Lipinski definition) is 1. The Bertz CT molecular complexity index is 377. The molecule has 1 unspecified atom stereocenters. The van der Waals surface area contributed by atoms with Gasteiger partial charge in [-0.2, -0.15) is 4.98 Å². The molecule has 1 atom stereocenters. The molecule has 19 heavy (non-hydrogen) atoms. The zero-order chi connectivity index (χ0) is 13.7. The van der Waals surface area contributed by atoms with Crippen LogP contribution in [0.15, 0.2) is 4.52 Å². The molecule has 0 radical (unpaired) electrons. The first-order valence-corrected chi connectivity index (χ1v) is 7.45. The first-order valence-electron chi connectivity index (χ1n) is 7.45. The van der Waals surface area contributed by atoms with Gasteiger partial charge >= 0.3 is 0 Å². The molecule has 108 valence electrons. The van der Waals surface area contributed by atoms with Crippen LogP contribution in [0.1, 0.15) is 57.3 Å². The van der Waals surface area contributed by atoms with E-state index in [1.807, 2.05) is 7.05 Å². The topological polar surface area (TPSA) is 54.2 Å². The van der Waals surface area contributed by atoms with E-state index >= 15 is 0 Å². The van der Waals surface area contributed by atoms with E-state index < -0.39 is 0 Å². The second-order valence-electron chi connectivity index (χ2n) is 5.60. The third-order valence-corrected chi connectivity index (χ3v) is 3.80. The molecule has 1 aromatic rings. The minimum absolute atomic E-state index is 0.319. The van der Waals surface area contributed by atoms with Gasteiger partial charge in [-0.15, -0.1) is 0 Å². The van der Waals surface area contributed by atoms with Crippen LogP contribution in [0, 0.1) is 0 Å². The maximum Gasteiger partial charge on any atom is 0.244 e. The smallest absolute Gasteiger partial charge is 0.244 e. The van der Waals surface area contributed by atoms with Crippen molar-refractivity contribution in [1.29, 1.82) is 0 Å². The molecule has 1 aromatic heterocycles. The second-order valence-corrected chi connectivity index (χ2v) is 5.60. The van der Waals surface area contributed by atoms with Gasteiger partial charge in [-0.1, -0.05) is 11.6 Å². The van der Waals surface area contributed by atoms with Gasteiger partial charge in [0.1, 0.15) is 0 Å². The van der Waals surface area contributed by atoms with Gasteiger partial charge in [-0.25, -0.2) is 0 Å². The van der Waals surface area contributed by atoms with Crippen LogP contribution in [-0.2, 0) is 6.42 Å². The predicted octanol–water partition coefficient (Wildman–Crippen LogP) is 2.16. The summed E-state index contributed by atoms with van der Waals surface area (Å²) in [6, 6.07) is 0.851. The Morgan fingerprint density at radius 3 is 3.00 bits per heavy atom. The van der Waals surface area contributed by atoms with Gasteiger partial charge < -0.3 is 9.84 Å². The molecule has 1 aliphatic heterocycles. The molecule has 0 bridgehead atoms. The number of nitrogens with one attached hydrogen (secondary N) is 1. The fourth-order valence-electron chi connectivity index (χ4n) is 2.76. The highest BCUT2D eigenvalue weighted by Crippen LogP contribution is 2.31. The molecule has 5 nitrogen and oxygen atoms in total. The molecule has 0 aromatic carbocycles. The number of likely N-dealkylation sites (tertiary alicyclic amines) is 1. The average Bonchev–Trinajstić information content (AvgIpc) is 2.88. The van der Waals surface area contributed by atoms with Crippen molar-refractivity contribution < 1.29 is 4.52 Å². The molecule has 2 rings (SSSR count). The van der Waals surface area contributed by atoms with E-state index in [9.17, 15) is 0 Å². The molecule has 1 aliphatic rings. The van der Waals surface area contributed by atoms with Gasteiger partial charge in [0, 0.05) is 12.5 Å². The predicted molar refractivity (Wildman–Crippen MR) is 75.0 cm³/mol. The van der Waals surface area contributed by atoms with Crippen LogP contribution < -0.4 is 5.32 Å². The Morgan fingerprint density at radius 2 is 2.26 bits per heavy atom. The lowest BCUT2D eigenvalue weighted by Gasteiger charge is -2.36. The number of aromatic nitrogens is 2. The van der Waals surface area contributed by atoms with Crippen molar-refractivity contribution in [2.75, 3.05) is 20.1 Å². The lowest BCUT2D eigenvalue weighted by molar-refractivity contribution is 0.0875. The number of nitrogens with zero attached hydrogens (tertiary/aromatic N) is 3. The van der Waals surface area contributed by atoms with Crippen LogP contribution in [0.5, 0.6) is 0 Å². The van der Waals surface area contributed by atoms with Gasteiger partial charge in [0.05, 0.1) is 6.04 Å². The Hall–Kier alpha value is -0.940. The largest absolute Gasteiger partial charge is 0.338 e. The molecular formula is C14H26N4O. The number of hydrogen-bond acceptors (Lipinski definition) is 5. The molecule has 1 fully saturated rings. The van der Waals surface area contributed by atoms with Gasteiger partial charge in [0.15, 0.2) is 5.82 Å². The van der Waals surface area contributed by atoms with Crippen LogP contribution in [0.25, 0.3) is 0 Å². The summed E-state index contributed by atoms with van der Waals surface area (Å²) in [6.45, 7) is 6.61. The van der Waals surface area contributed by atoms with E-state index in [4.69, 9.17) is 4.52 Å². The zero-order valence-corrected chi connectivity index (χ0v) is 12.4. The Balaban J connectivity index is 1.99. The van der Waals surface area contributed by atoms with E-state index in [0.717, 1.165) is 44.1 Å². The normalized spacial score (nSPS) is 21.2. The summed E-state index contributed by atoms with van der Waals surface area (Å²) in [7, 11) is 1.96. The average molecular weight is 266 g/mol. The highest BCUT2D eigenvalue weighted by atomic mass is 16.5. The summed E-state index contributed by atoms with van der Waals surface area (Å²) in [5, 5.41) is 7.25. The van der Waals surface area contributed by atoms with Crippen molar-refractivity contribution in [2.45, 2.75) is 58.0 Å². The number of piperidine rings is 1. The standard InChI is InChI=1S/C14H26N4O/c1-11(2)18-10-5-4-7-12(18)14-16-13(17-19-14)8-6-9-15-3/h11-12,15H,4-10H2,1-3H3. The Labute approximate surface area is 115 Å². The van der Waals surface area contributed by atoms with Crippen LogP contribution in [-0.4, -0.2) is 41.2 Å². The van der Waals surface area contributed by atoms with Gasteiger partial charge in [0.25, 0.3) is 0 Å². The maximum absolute atomic E-state index is 5.49. The van der Waals surface area contributed by atoms with Gasteiger partial charge in [0.2, 0.25) is 5.89 Å². The highest BCUT2D eigenvalue weighted by molar-refractivity contribution is 4.96. The maximum atomic E-state index is 5.49. The molecule has 0 amide bonds. The minimum Gasteiger partial charge on any atom is -0.338 e. The summed E-state index contributed by atoms with van der Waals surface area (Å²) in [4.78, 5) is 7.07. The molecule has 2 heterocycles. The van der Waals surface area contributed by atoms with Crippen molar-refractivity contribution in [3.8, 4) is 0 Å². The first-order chi connectivity index (χ1) is 9.22. The molecule has 0 spiro atoms. The number of aryl methyl sites for hydroxylation is 1. The van der Waals surface area contributed by atoms with Crippen LogP contribution >= 0.6 is 0 Å². The molecule has 1 N–H and O–H groups in total. The first kappa shape index (κ1) is 14.5. The summed E-state index contributed by atoms with van der Waals surface area (Å²) < 4.78 is 5.49. The molecule has 0 aliphatic carbocycles. The summed E-state index contributed by atoms with van der Waals surface area (Å²) in [5.41, 5.74) is 0. The molecule has 0 saturated carbocycles. The van der Waals surface area contributed by atoms with Crippen LogP contribution in [0.4, 0.5) is 0 Å². The van der Waals surface area contributed by atoms with E-state index in [0.29, 0.717) is 12.1 Å². The monoisotopic (exact) mass is 266 g/mol. The van der Waals surface area contributed by atoms with E-state index in [1.165, 1.54) is 12.8 Å². The zero-order valence-electron chi connectivity index (χ0n) is 12.4. The third-order valence-electron chi connectivity index (χ3n) is 3.80. The quantitative estimate of drug-likeness (QED) is 0.800. The summed E-state index contributed by atoms with van der Waals surface area (Å²) >= 11 is 0. The third kappa shape index (κ3) is 3.76.